The zero-order valence-corrected chi connectivity index (χ0v) is 21.2. The van der Waals surface area contributed by atoms with Gasteiger partial charge < -0.3 is 15.2 Å². The predicted octanol–water partition coefficient (Wildman–Crippen LogP) is 3.45. The average molecular weight is 469 g/mol. The molecule has 0 bridgehead atoms. The Kier molecular flexibility index (Phi) is 10.6. The van der Waals surface area contributed by atoms with Gasteiger partial charge in [0.25, 0.3) is 0 Å². The van der Waals surface area contributed by atoms with Crippen LogP contribution in [0.15, 0.2) is 59.1 Å². The molecule has 1 saturated heterocycles. The summed E-state index contributed by atoms with van der Waals surface area (Å²) in [6.45, 7) is 15.2. The summed E-state index contributed by atoms with van der Waals surface area (Å²) in [6.07, 6.45) is 6.35. The van der Waals surface area contributed by atoms with E-state index in [0.717, 1.165) is 42.9 Å². The summed E-state index contributed by atoms with van der Waals surface area (Å²) in [5.41, 5.74) is 9.50. The number of aliphatic imine (C=N–C) groups is 1. The number of aromatic nitrogens is 1. The van der Waals surface area contributed by atoms with Crippen LogP contribution in [0.1, 0.15) is 39.7 Å². The summed E-state index contributed by atoms with van der Waals surface area (Å²) >= 11 is 0. The second kappa shape index (κ2) is 13.2. The summed E-state index contributed by atoms with van der Waals surface area (Å²) in [5.74, 6) is 0.857. The van der Waals surface area contributed by atoms with Crippen LogP contribution in [0, 0.1) is 16.7 Å². The third kappa shape index (κ3) is 7.90. The molecule has 2 rings (SSSR count). The minimum Gasteiger partial charge on any atom is -0.491 e. The molecule has 186 valence electrons. The lowest BCUT2D eigenvalue weighted by molar-refractivity contribution is 0.114. The van der Waals surface area contributed by atoms with Gasteiger partial charge in [0.2, 0.25) is 0 Å². The summed E-state index contributed by atoms with van der Waals surface area (Å²) in [6, 6.07) is 3.89. The van der Waals surface area contributed by atoms with Crippen molar-refractivity contribution in [3.8, 4) is 0 Å². The predicted molar refractivity (Wildman–Crippen MR) is 138 cm³/mol. The number of rotatable bonds is 11. The van der Waals surface area contributed by atoms with E-state index in [1.165, 1.54) is 0 Å². The van der Waals surface area contributed by atoms with E-state index in [1.807, 2.05) is 46.0 Å². The van der Waals surface area contributed by atoms with Gasteiger partial charge in [-0.05, 0) is 49.5 Å². The molecule has 34 heavy (non-hydrogen) atoms. The van der Waals surface area contributed by atoms with E-state index < -0.39 is 0 Å². The zero-order valence-electron chi connectivity index (χ0n) is 21.2. The van der Waals surface area contributed by atoms with E-state index in [-0.39, 0.29) is 23.3 Å². The Hall–Kier alpha value is -2.81. The molecule has 0 spiro atoms. The molecule has 8 heteroatoms. The van der Waals surface area contributed by atoms with E-state index >= 15 is 0 Å². The summed E-state index contributed by atoms with van der Waals surface area (Å²) in [5, 5.41) is 17.3. The van der Waals surface area contributed by atoms with Crippen molar-refractivity contribution in [2.24, 2.45) is 16.6 Å². The van der Waals surface area contributed by atoms with Crippen LogP contribution >= 0.6 is 0 Å². The van der Waals surface area contributed by atoms with E-state index in [1.54, 1.807) is 23.8 Å². The Balaban J connectivity index is 2.37. The first-order valence-electron chi connectivity index (χ1n) is 11.7. The zero-order chi connectivity index (χ0) is 25.3. The maximum absolute atomic E-state index is 8.92. The molecular weight excluding hydrogens is 428 g/mol. The molecule has 0 saturated carbocycles. The molecule has 1 aromatic rings. The van der Waals surface area contributed by atoms with Gasteiger partial charge in [0.1, 0.15) is 23.6 Å². The first kappa shape index (κ1) is 27.4. The summed E-state index contributed by atoms with van der Waals surface area (Å²) in [7, 11) is 1.63. The van der Waals surface area contributed by atoms with Crippen LogP contribution in [0.3, 0.4) is 0 Å². The van der Waals surface area contributed by atoms with Crippen LogP contribution in [0.2, 0.25) is 0 Å². The number of allylic oxidation sites excluding steroid dienone is 4. The topological polar surface area (TPSA) is 113 Å². The number of methoxy groups -OCH3 is 1. The maximum Gasteiger partial charge on any atom is 0.156 e. The second-order valence-electron chi connectivity index (χ2n) is 9.06. The average Bonchev–Trinajstić information content (AvgIpc) is 3.20. The largest absolute Gasteiger partial charge is 0.491 e. The van der Waals surface area contributed by atoms with Crippen molar-refractivity contribution >= 4 is 11.5 Å². The molecule has 2 heterocycles. The van der Waals surface area contributed by atoms with Crippen LogP contribution in [-0.4, -0.2) is 60.5 Å². The molecular formula is C26H40N6O2. The lowest BCUT2D eigenvalue weighted by Gasteiger charge is -2.18. The highest BCUT2D eigenvalue weighted by atomic mass is 16.5. The van der Waals surface area contributed by atoms with Crippen molar-refractivity contribution in [3.63, 3.8) is 0 Å². The van der Waals surface area contributed by atoms with Crippen molar-refractivity contribution < 1.29 is 9.47 Å². The van der Waals surface area contributed by atoms with E-state index in [0.29, 0.717) is 24.7 Å². The highest BCUT2D eigenvalue weighted by Gasteiger charge is 2.19. The molecule has 4 N–H and O–H groups in total. The van der Waals surface area contributed by atoms with Gasteiger partial charge in [0.05, 0.1) is 6.61 Å². The number of hydrogen-bond donors (Lipinski definition) is 3. The number of hydrogen-bond acceptors (Lipinski definition) is 7. The Morgan fingerprint density at radius 2 is 2.06 bits per heavy atom. The van der Waals surface area contributed by atoms with Crippen LogP contribution < -0.4 is 11.2 Å². The second-order valence-corrected chi connectivity index (χ2v) is 9.06. The van der Waals surface area contributed by atoms with E-state index in [4.69, 9.17) is 31.0 Å². The lowest BCUT2D eigenvalue weighted by atomic mass is 10.1. The molecule has 1 aromatic heterocycles. The first-order chi connectivity index (χ1) is 16.2. The fourth-order valence-corrected chi connectivity index (χ4v) is 3.61. The van der Waals surface area contributed by atoms with Gasteiger partial charge in [-0.3, -0.25) is 20.3 Å². The quantitative estimate of drug-likeness (QED) is 0.152. The van der Waals surface area contributed by atoms with Gasteiger partial charge in [0, 0.05) is 50.8 Å². The molecule has 1 aliphatic rings. The fourth-order valence-electron chi connectivity index (χ4n) is 3.61. The fraction of sp³-hybridized carbons (Fsp3) is 0.500. The Labute approximate surface area is 203 Å². The van der Waals surface area contributed by atoms with Gasteiger partial charge in [-0.25, -0.2) is 4.99 Å². The minimum atomic E-state index is 0.0920. The standard InChI is InChI=1S/C26H40N6O2/c1-7-22(34-13-12-33-6)14-23(18(2)3)30-25(19(4)5)26(29)32-16-20(8-9-24(32)28)15-31-11-10-21(27)17-31/h7-9,14,16,18,21,28-29H,1,10-13,15,17,27H2,2-6H3/b22-14+,28-24?,29-26?,30-23?. The van der Waals surface area contributed by atoms with Crippen LogP contribution in [0.5, 0.6) is 0 Å². The molecule has 0 aromatic carbocycles. The molecule has 1 atom stereocenters. The molecule has 8 nitrogen and oxygen atoms in total. The van der Waals surface area contributed by atoms with Gasteiger partial charge in [-0.1, -0.05) is 26.5 Å². The third-order valence-corrected chi connectivity index (χ3v) is 5.54. The number of nitrogens with one attached hydrogen (secondary N) is 2. The summed E-state index contributed by atoms with van der Waals surface area (Å²) in [4.78, 5) is 7.16. The van der Waals surface area contributed by atoms with Crippen molar-refractivity contribution in [1.82, 2.24) is 9.47 Å². The molecule has 0 aliphatic carbocycles. The highest BCUT2D eigenvalue weighted by molar-refractivity contribution is 6.04. The Morgan fingerprint density at radius 1 is 1.32 bits per heavy atom. The monoisotopic (exact) mass is 468 g/mol. The Morgan fingerprint density at radius 3 is 2.62 bits per heavy atom. The van der Waals surface area contributed by atoms with Crippen LogP contribution in [0.4, 0.5) is 0 Å². The van der Waals surface area contributed by atoms with Crippen LogP contribution in [0.25, 0.3) is 0 Å². The van der Waals surface area contributed by atoms with Gasteiger partial charge in [-0.2, -0.15) is 0 Å². The maximum atomic E-state index is 8.92. The number of nitrogens with two attached hydrogens (primary N) is 1. The van der Waals surface area contributed by atoms with Crippen molar-refractivity contribution in [1.29, 1.82) is 10.8 Å². The van der Waals surface area contributed by atoms with Crippen molar-refractivity contribution in [3.05, 3.63) is 65.1 Å². The molecule has 0 radical (unpaired) electrons. The van der Waals surface area contributed by atoms with E-state index in [2.05, 4.69) is 11.5 Å². The lowest BCUT2D eigenvalue weighted by Crippen LogP contribution is -2.30. The van der Waals surface area contributed by atoms with Crippen LogP contribution in [-0.2, 0) is 16.0 Å². The van der Waals surface area contributed by atoms with Gasteiger partial charge in [-0.15, -0.1) is 0 Å². The summed E-state index contributed by atoms with van der Waals surface area (Å²) < 4.78 is 12.4. The number of pyridine rings is 1. The van der Waals surface area contributed by atoms with Crippen molar-refractivity contribution in [2.75, 3.05) is 33.4 Å². The molecule has 1 unspecified atom stereocenters. The molecule has 1 fully saturated rings. The number of nitrogens with zero attached hydrogens (tertiary/aromatic N) is 3. The third-order valence-electron chi connectivity index (χ3n) is 5.54. The normalized spacial score (nSPS) is 17.2. The van der Waals surface area contributed by atoms with E-state index in [9.17, 15) is 0 Å². The molecule has 0 amide bonds. The van der Waals surface area contributed by atoms with Crippen molar-refractivity contribution in [2.45, 2.75) is 46.7 Å². The van der Waals surface area contributed by atoms with Gasteiger partial charge >= 0.3 is 0 Å². The smallest absolute Gasteiger partial charge is 0.156 e. The Bertz CT molecular complexity index is 1010. The molecule has 1 aliphatic heterocycles. The minimum absolute atomic E-state index is 0.0920. The number of ether oxygens (including phenoxy) is 2. The SMILES string of the molecule is C=C/C(=C\C(=NC(C(=N)n1cc(CN2CCC(N)C2)ccc1=N)=C(C)C)C(C)C)OCCOC. The van der Waals surface area contributed by atoms with Gasteiger partial charge in [0.15, 0.2) is 5.84 Å². The number of likely N-dealkylation sites (tertiary alicyclic amines) is 1. The highest BCUT2D eigenvalue weighted by Crippen LogP contribution is 2.15. The first-order valence-corrected chi connectivity index (χ1v) is 11.7.